The van der Waals surface area contributed by atoms with Crippen molar-refractivity contribution in [2.24, 2.45) is 0 Å². The Kier molecular flexibility index (Phi) is 6.49. The quantitative estimate of drug-likeness (QED) is 0.627. The second-order valence-corrected chi connectivity index (χ2v) is 5.95. The molecule has 0 radical (unpaired) electrons. The van der Waals surface area contributed by atoms with Crippen LogP contribution in [0.25, 0.3) is 0 Å². The molecule has 0 saturated heterocycles. The number of carbonyl (C=O) groups excluding carboxylic acids is 2. The summed E-state index contributed by atoms with van der Waals surface area (Å²) in [5.41, 5.74) is 1.75. The predicted molar refractivity (Wildman–Crippen MR) is 97.7 cm³/mol. The summed E-state index contributed by atoms with van der Waals surface area (Å²) >= 11 is 0. The first-order chi connectivity index (χ1) is 12.4. The van der Waals surface area contributed by atoms with E-state index in [0.717, 1.165) is 6.42 Å². The number of aryl methyl sites for hydroxylation is 1. The second-order valence-electron chi connectivity index (χ2n) is 5.95. The van der Waals surface area contributed by atoms with Crippen LogP contribution in [0.15, 0.2) is 42.5 Å². The molecule has 0 unspecified atom stereocenters. The van der Waals surface area contributed by atoms with Crippen molar-refractivity contribution in [1.29, 1.82) is 0 Å². The lowest BCUT2D eigenvalue weighted by Crippen LogP contribution is -2.14. The van der Waals surface area contributed by atoms with Crippen LogP contribution in [-0.4, -0.2) is 27.9 Å². The van der Waals surface area contributed by atoms with Gasteiger partial charge >= 0.3 is 5.97 Å². The number of benzene rings is 2. The lowest BCUT2D eigenvalue weighted by atomic mass is 10.0. The molecule has 136 valence electrons. The molecule has 0 heterocycles. The van der Waals surface area contributed by atoms with E-state index >= 15 is 0 Å². The van der Waals surface area contributed by atoms with Gasteiger partial charge in [0.2, 0.25) is 5.91 Å². The van der Waals surface area contributed by atoms with Crippen molar-refractivity contribution in [1.82, 2.24) is 0 Å². The van der Waals surface area contributed by atoms with Crippen molar-refractivity contribution in [2.45, 2.75) is 32.6 Å². The molecule has 0 aliphatic rings. The van der Waals surface area contributed by atoms with E-state index in [2.05, 4.69) is 5.32 Å². The molecule has 0 aromatic heterocycles. The largest absolute Gasteiger partial charge is 0.508 e. The second kappa shape index (κ2) is 8.80. The van der Waals surface area contributed by atoms with Gasteiger partial charge in [-0.2, -0.15) is 0 Å². The predicted octanol–water partition coefficient (Wildman–Crippen LogP) is 3.64. The number of hydrogen-bond donors (Lipinski definition) is 3. The summed E-state index contributed by atoms with van der Waals surface area (Å²) in [4.78, 5) is 35.4. The summed E-state index contributed by atoms with van der Waals surface area (Å²) in [7, 11) is 0. The van der Waals surface area contributed by atoms with E-state index in [4.69, 9.17) is 0 Å². The number of carboxylic acids is 1. The summed E-state index contributed by atoms with van der Waals surface area (Å²) in [6.45, 7) is 1.95. The van der Waals surface area contributed by atoms with Crippen LogP contribution in [0.2, 0.25) is 0 Å². The van der Waals surface area contributed by atoms with E-state index in [1.807, 2.05) is 6.92 Å². The average Bonchev–Trinajstić information content (AvgIpc) is 2.60. The molecule has 3 N–H and O–H groups in total. The third-order valence-corrected chi connectivity index (χ3v) is 3.89. The highest BCUT2D eigenvalue weighted by molar-refractivity contribution is 6.00. The molecule has 0 saturated carbocycles. The zero-order chi connectivity index (χ0) is 19.1. The fourth-order valence-corrected chi connectivity index (χ4v) is 2.63. The number of nitrogens with one attached hydrogen (secondary N) is 1. The van der Waals surface area contributed by atoms with E-state index in [0.29, 0.717) is 23.2 Å². The highest BCUT2D eigenvalue weighted by atomic mass is 16.4. The van der Waals surface area contributed by atoms with Crippen molar-refractivity contribution in [2.75, 3.05) is 5.32 Å². The number of carbonyl (C=O) groups is 3. The molecular formula is C20H21NO5. The number of aromatic carboxylic acids is 1. The van der Waals surface area contributed by atoms with Gasteiger partial charge in [0.1, 0.15) is 5.75 Å². The molecule has 1 amide bonds. The van der Waals surface area contributed by atoms with E-state index < -0.39 is 5.97 Å². The highest BCUT2D eigenvalue weighted by Crippen LogP contribution is 2.19. The number of hydrogen-bond acceptors (Lipinski definition) is 4. The van der Waals surface area contributed by atoms with Crippen LogP contribution < -0.4 is 5.32 Å². The number of ketones is 1. The topological polar surface area (TPSA) is 104 Å². The molecule has 26 heavy (non-hydrogen) atoms. The van der Waals surface area contributed by atoms with Gasteiger partial charge in [0.05, 0.1) is 5.56 Å². The Balaban J connectivity index is 1.98. The van der Waals surface area contributed by atoms with Crippen LogP contribution in [0.4, 0.5) is 5.69 Å². The van der Waals surface area contributed by atoms with Gasteiger partial charge in [0, 0.05) is 24.1 Å². The minimum Gasteiger partial charge on any atom is -0.508 e. The van der Waals surface area contributed by atoms with Gasteiger partial charge in [0.25, 0.3) is 0 Å². The van der Waals surface area contributed by atoms with Crippen LogP contribution >= 0.6 is 0 Å². The summed E-state index contributed by atoms with van der Waals surface area (Å²) in [6, 6.07) is 10.7. The Morgan fingerprint density at radius 3 is 2.46 bits per heavy atom. The van der Waals surface area contributed by atoms with Crippen LogP contribution in [-0.2, 0) is 11.2 Å². The van der Waals surface area contributed by atoms with Crippen LogP contribution in [0.3, 0.4) is 0 Å². The van der Waals surface area contributed by atoms with Gasteiger partial charge in [-0.15, -0.1) is 0 Å². The minimum atomic E-state index is -0.997. The standard InChI is InChI=1S/C20H21NO5/c1-2-4-13-11-15(7-8-17(13)20(25)26)21-19(24)10-9-18(23)14-5-3-6-16(22)12-14/h3,5-8,11-12,22H,2,4,9-10H2,1H3,(H,21,24)(H,25,26). The van der Waals surface area contributed by atoms with Gasteiger partial charge in [-0.1, -0.05) is 25.5 Å². The number of aromatic hydroxyl groups is 1. The van der Waals surface area contributed by atoms with E-state index in [1.165, 1.54) is 24.3 Å². The first-order valence-corrected chi connectivity index (χ1v) is 8.39. The van der Waals surface area contributed by atoms with Gasteiger partial charge in [-0.3, -0.25) is 9.59 Å². The van der Waals surface area contributed by atoms with E-state index in [9.17, 15) is 24.6 Å². The molecule has 2 aromatic carbocycles. The third kappa shape index (κ3) is 5.17. The minimum absolute atomic E-state index is 0.00170. The number of Topliss-reactive ketones (excluding diaryl/α,β-unsaturated/α-hetero) is 1. The number of phenols is 1. The maximum atomic E-state index is 12.1. The molecule has 0 atom stereocenters. The SMILES string of the molecule is CCCc1cc(NC(=O)CCC(=O)c2cccc(O)c2)ccc1C(=O)O. The molecule has 0 aliphatic heterocycles. The monoisotopic (exact) mass is 355 g/mol. The molecule has 2 aromatic rings. The van der Waals surface area contributed by atoms with Crippen molar-refractivity contribution >= 4 is 23.3 Å². The van der Waals surface area contributed by atoms with E-state index in [1.54, 1.807) is 18.2 Å². The van der Waals surface area contributed by atoms with Gasteiger partial charge < -0.3 is 15.5 Å². The van der Waals surface area contributed by atoms with Crippen molar-refractivity contribution in [3.05, 3.63) is 59.2 Å². The fourth-order valence-electron chi connectivity index (χ4n) is 2.63. The molecule has 6 heteroatoms. The fraction of sp³-hybridized carbons (Fsp3) is 0.250. The maximum Gasteiger partial charge on any atom is 0.335 e. The van der Waals surface area contributed by atoms with Crippen LogP contribution in [0, 0.1) is 0 Å². The third-order valence-electron chi connectivity index (χ3n) is 3.89. The summed E-state index contributed by atoms with van der Waals surface area (Å²) in [5, 5.41) is 21.3. The van der Waals surface area contributed by atoms with Crippen molar-refractivity contribution < 1.29 is 24.6 Å². The number of rotatable bonds is 8. The molecular weight excluding hydrogens is 334 g/mol. The van der Waals surface area contributed by atoms with E-state index in [-0.39, 0.29) is 35.8 Å². The average molecular weight is 355 g/mol. The molecule has 0 spiro atoms. The highest BCUT2D eigenvalue weighted by Gasteiger charge is 2.13. The normalized spacial score (nSPS) is 10.3. The number of anilines is 1. The molecule has 0 bridgehead atoms. The zero-order valence-electron chi connectivity index (χ0n) is 14.5. The molecule has 0 aliphatic carbocycles. The smallest absolute Gasteiger partial charge is 0.335 e. The Morgan fingerprint density at radius 1 is 1.04 bits per heavy atom. The number of carboxylic acid groups (broad SMARTS) is 1. The Hall–Kier alpha value is -3.15. The zero-order valence-corrected chi connectivity index (χ0v) is 14.5. The van der Waals surface area contributed by atoms with Gasteiger partial charge in [-0.25, -0.2) is 4.79 Å². The van der Waals surface area contributed by atoms with Gasteiger partial charge in [-0.05, 0) is 42.3 Å². The molecule has 0 fully saturated rings. The first kappa shape index (κ1) is 19.2. The summed E-state index contributed by atoms with van der Waals surface area (Å²) in [6.07, 6.45) is 1.40. The Bertz CT molecular complexity index is 829. The molecule has 6 nitrogen and oxygen atoms in total. The van der Waals surface area contributed by atoms with Crippen LogP contribution in [0.1, 0.15) is 52.5 Å². The lowest BCUT2D eigenvalue weighted by molar-refractivity contribution is -0.116. The summed E-state index contributed by atoms with van der Waals surface area (Å²) in [5.74, 6) is -1.56. The Labute approximate surface area is 151 Å². The maximum absolute atomic E-state index is 12.1. The van der Waals surface area contributed by atoms with Crippen LogP contribution in [0.5, 0.6) is 5.75 Å². The number of phenolic OH excluding ortho intramolecular Hbond substituents is 1. The first-order valence-electron chi connectivity index (χ1n) is 8.39. The number of amides is 1. The Morgan fingerprint density at radius 2 is 1.81 bits per heavy atom. The molecule has 2 rings (SSSR count). The van der Waals surface area contributed by atoms with Gasteiger partial charge in [0.15, 0.2) is 5.78 Å². The summed E-state index contributed by atoms with van der Waals surface area (Å²) < 4.78 is 0. The lowest BCUT2D eigenvalue weighted by Gasteiger charge is -2.10. The van der Waals surface area contributed by atoms with Crippen molar-refractivity contribution in [3.63, 3.8) is 0 Å². The van der Waals surface area contributed by atoms with Crippen molar-refractivity contribution in [3.8, 4) is 5.75 Å².